The molecule has 1 aromatic rings. The molecule has 0 aliphatic heterocycles. The summed E-state index contributed by atoms with van der Waals surface area (Å²) >= 11 is 0. The Hall–Kier alpha value is -1.47. The fourth-order valence-electron chi connectivity index (χ4n) is 0.945. The summed E-state index contributed by atoms with van der Waals surface area (Å²) in [5.74, 6) is -2.04. The van der Waals surface area contributed by atoms with Gasteiger partial charge in [0.15, 0.2) is 0 Å². The van der Waals surface area contributed by atoms with Gasteiger partial charge in [-0.05, 0) is 6.07 Å². The van der Waals surface area contributed by atoms with E-state index < -0.39 is 35.5 Å². The van der Waals surface area contributed by atoms with Crippen molar-refractivity contribution in [1.82, 2.24) is 4.98 Å². The van der Waals surface area contributed by atoms with E-state index in [4.69, 9.17) is 5.73 Å². The maximum Gasteiger partial charge on any atom is 0.422 e. The summed E-state index contributed by atoms with van der Waals surface area (Å²) < 4.78 is 73.0. The summed E-state index contributed by atoms with van der Waals surface area (Å²) in [6.45, 7) is 0. The Balaban J connectivity index is 3.34. The van der Waals surface area contributed by atoms with Crippen molar-refractivity contribution in [1.29, 1.82) is 0 Å². The molecule has 1 heterocycles. The minimum atomic E-state index is -5.05. The van der Waals surface area contributed by atoms with Crippen molar-refractivity contribution in [2.45, 2.75) is 12.6 Å². The third kappa shape index (κ3) is 2.31. The van der Waals surface area contributed by atoms with Gasteiger partial charge in [-0.15, -0.1) is 0 Å². The molecule has 1 rings (SSSR count). The number of hydrogen-bond donors (Lipinski definition) is 1. The third-order valence-electron chi connectivity index (χ3n) is 1.53. The normalized spacial score (nSPS) is 12.2. The molecule has 2 nitrogen and oxygen atoms in total. The molecule has 0 aliphatic rings. The quantitative estimate of drug-likeness (QED) is 0.595. The third-order valence-corrected chi connectivity index (χ3v) is 1.53. The van der Waals surface area contributed by atoms with Gasteiger partial charge in [0.2, 0.25) is 5.95 Å². The number of aromatic nitrogens is 1. The molecule has 0 aliphatic carbocycles. The summed E-state index contributed by atoms with van der Waals surface area (Å²) in [7, 11) is 0. The lowest BCUT2D eigenvalue weighted by atomic mass is 10.2. The van der Waals surface area contributed by atoms with Gasteiger partial charge in [-0.25, -0.2) is 13.8 Å². The molecular weight excluding hydrogens is 226 g/mol. The van der Waals surface area contributed by atoms with Crippen LogP contribution in [-0.2, 0) is 6.18 Å². The van der Waals surface area contributed by atoms with Crippen molar-refractivity contribution in [2.75, 3.05) is 5.73 Å². The molecule has 0 fully saturated rings. The highest BCUT2D eigenvalue weighted by atomic mass is 19.4. The molecule has 0 saturated carbocycles. The summed E-state index contributed by atoms with van der Waals surface area (Å²) in [5.41, 5.74) is 0.753. The molecule has 0 saturated heterocycles. The van der Waals surface area contributed by atoms with Gasteiger partial charge < -0.3 is 5.73 Å². The number of nitrogens with zero attached hydrogens (tertiary/aromatic N) is 1. The minimum Gasteiger partial charge on any atom is -0.398 e. The molecule has 0 spiro atoms. The number of anilines is 1. The van der Waals surface area contributed by atoms with Crippen LogP contribution < -0.4 is 5.73 Å². The Morgan fingerprint density at radius 2 is 1.80 bits per heavy atom. The smallest absolute Gasteiger partial charge is 0.398 e. The zero-order valence-electron chi connectivity index (χ0n) is 6.95. The van der Waals surface area contributed by atoms with Gasteiger partial charge in [0.25, 0.3) is 6.43 Å². The number of nitrogens with two attached hydrogens (primary N) is 1. The maximum absolute atomic E-state index is 12.7. The Kier molecular flexibility index (Phi) is 2.78. The molecule has 0 atom stereocenters. The largest absolute Gasteiger partial charge is 0.422 e. The van der Waals surface area contributed by atoms with E-state index in [2.05, 4.69) is 4.98 Å². The van der Waals surface area contributed by atoms with Gasteiger partial charge in [0, 0.05) is 0 Å². The average Bonchev–Trinajstić information content (AvgIpc) is 1.99. The van der Waals surface area contributed by atoms with Crippen LogP contribution in [-0.4, -0.2) is 4.98 Å². The van der Waals surface area contributed by atoms with E-state index in [0.717, 1.165) is 0 Å². The number of pyridine rings is 1. The fourth-order valence-corrected chi connectivity index (χ4v) is 0.945. The van der Waals surface area contributed by atoms with Crippen molar-refractivity contribution in [2.24, 2.45) is 0 Å². The van der Waals surface area contributed by atoms with Crippen LogP contribution in [0.15, 0.2) is 6.07 Å². The van der Waals surface area contributed by atoms with E-state index in [-0.39, 0.29) is 0 Å². The van der Waals surface area contributed by atoms with E-state index in [1.807, 2.05) is 0 Å². The standard InChI is InChI=1S/C7H4F6N2/c8-5(9)3-1-2(14)4(6(10)15-3)7(11,12)13/h1,5H,(H2,14,15). The maximum atomic E-state index is 12.7. The Morgan fingerprint density at radius 1 is 1.27 bits per heavy atom. The van der Waals surface area contributed by atoms with E-state index in [0.29, 0.717) is 6.07 Å². The molecule has 0 aromatic carbocycles. The summed E-state index contributed by atoms with van der Waals surface area (Å²) in [5, 5.41) is 0. The van der Waals surface area contributed by atoms with Crippen molar-refractivity contribution < 1.29 is 26.3 Å². The highest BCUT2D eigenvalue weighted by molar-refractivity contribution is 5.48. The van der Waals surface area contributed by atoms with E-state index in [9.17, 15) is 26.3 Å². The first kappa shape index (κ1) is 11.6. The number of halogens is 6. The summed E-state index contributed by atoms with van der Waals surface area (Å²) in [4.78, 5) is 2.48. The second-order valence-electron chi connectivity index (χ2n) is 2.60. The Bertz CT molecular complexity index is 349. The van der Waals surface area contributed by atoms with Crippen LogP contribution in [0, 0.1) is 5.95 Å². The zero-order chi connectivity index (χ0) is 11.8. The highest BCUT2D eigenvalue weighted by Crippen LogP contribution is 2.36. The van der Waals surface area contributed by atoms with Gasteiger partial charge in [-0.3, -0.25) is 0 Å². The van der Waals surface area contributed by atoms with Crippen LogP contribution in [0.3, 0.4) is 0 Å². The van der Waals surface area contributed by atoms with Gasteiger partial charge in [-0.1, -0.05) is 0 Å². The molecule has 84 valence electrons. The summed E-state index contributed by atoms with van der Waals surface area (Å²) in [6, 6.07) is 0.302. The molecule has 2 N–H and O–H groups in total. The topological polar surface area (TPSA) is 38.9 Å². The monoisotopic (exact) mass is 230 g/mol. The van der Waals surface area contributed by atoms with E-state index in [1.165, 1.54) is 0 Å². The first-order valence-corrected chi connectivity index (χ1v) is 3.54. The lowest BCUT2D eigenvalue weighted by Gasteiger charge is -2.11. The van der Waals surface area contributed by atoms with Crippen LogP contribution in [0.2, 0.25) is 0 Å². The molecule has 0 bridgehead atoms. The van der Waals surface area contributed by atoms with Gasteiger partial charge in [-0.2, -0.15) is 17.6 Å². The van der Waals surface area contributed by atoms with Crippen molar-refractivity contribution in [3.63, 3.8) is 0 Å². The predicted molar refractivity (Wildman–Crippen MR) is 38.6 cm³/mol. The Labute approximate surface area is 79.7 Å². The highest BCUT2D eigenvalue weighted by Gasteiger charge is 2.38. The van der Waals surface area contributed by atoms with Crippen LogP contribution in [0.25, 0.3) is 0 Å². The SMILES string of the molecule is Nc1cc(C(F)F)nc(F)c1C(F)(F)F. The van der Waals surface area contributed by atoms with Crippen molar-refractivity contribution >= 4 is 5.69 Å². The van der Waals surface area contributed by atoms with Crippen LogP contribution >= 0.6 is 0 Å². The van der Waals surface area contributed by atoms with Crippen LogP contribution in [0.1, 0.15) is 17.7 Å². The molecule has 1 aromatic heterocycles. The number of alkyl halides is 5. The molecule has 0 unspecified atom stereocenters. The van der Waals surface area contributed by atoms with Gasteiger partial charge >= 0.3 is 6.18 Å². The predicted octanol–water partition coefficient (Wildman–Crippen LogP) is 2.76. The lowest BCUT2D eigenvalue weighted by Crippen LogP contribution is -2.14. The zero-order valence-corrected chi connectivity index (χ0v) is 6.95. The van der Waals surface area contributed by atoms with Crippen molar-refractivity contribution in [3.8, 4) is 0 Å². The van der Waals surface area contributed by atoms with Gasteiger partial charge in [0.1, 0.15) is 11.3 Å². The summed E-state index contributed by atoms with van der Waals surface area (Å²) in [6.07, 6.45) is -8.23. The second-order valence-corrected chi connectivity index (χ2v) is 2.60. The lowest BCUT2D eigenvalue weighted by molar-refractivity contribution is -0.139. The second kappa shape index (κ2) is 3.59. The van der Waals surface area contributed by atoms with Gasteiger partial charge in [0.05, 0.1) is 5.69 Å². The number of rotatable bonds is 1. The first-order valence-electron chi connectivity index (χ1n) is 3.54. The van der Waals surface area contributed by atoms with Crippen LogP contribution in [0.4, 0.5) is 32.0 Å². The van der Waals surface area contributed by atoms with Crippen molar-refractivity contribution in [3.05, 3.63) is 23.3 Å². The van der Waals surface area contributed by atoms with E-state index >= 15 is 0 Å². The minimum absolute atomic E-state index is 0.302. The molecule has 8 heteroatoms. The number of hydrogen-bond acceptors (Lipinski definition) is 2. The number of nitrogen functional groups attached to an aromatic ring is 1. The Morgan fingerprint density at radius 3 is 2.13 bits per heavy atom. The van der Waals surface area contributed by atoms with Crippen LogP contribution in [0.5, 0.6) is 0 Å². The molecular formula is C7H4F6N2. The fraction of sp³-hybridized carbons (Fsp3) is 0.286. The molecule has 0 radical (unpaired) electrons. The van der Waals surface area contributed by atoms with E-state index in [1.54, 1.807) is 0 Å². The average molecular weight is 230 g/mol. The molecule has 15 heavy (non-hydrogen) atoms. The first-order chi connectivity index (χ1) is 6.73. The molecule has 0 amide bonds.